The van der Waals surface area contributed by atoms with Gasteiger partial charge in [0.15, 0.2) is 5.16 Å². The molecule has 0 unspecified atom stereocenters. The number of nitrogens with one attached hydrogen (secondary N) is 1. The third-order valence-electron chi connectivity index (χ3n) is 5.07. The number of nitrogens with zero attached hydrogens (tertiary/aromatic N) is 3. The van der Waals surface area contributed by atoms with Crippen LogP contribution in [0.2, 0.25) is 0 Å². The highest BCUT2D eigenvalue weighted by atomic mass is 32.2. The lowest BCUT2D eigenvalue weighted by molar-refractivity contribution is -0.119. The Kier molecular flexibility index (Phi) is 6.93. The van der Waals surface area contributed by atoms with E-state index in [9.17, 15) is 9.59 Å². The van der Waals surface area contributed by atoms with Gasteiger partial charge in [0.2, 0.25) is 11.8 Å². The fourth-order valence-electron chi connectivity index (χ4n) is 3.48. The molecule has 0 bridgehead atoms. The highest BCUT2D eigenvalue weighted by molar-refractivity contribution is 7.99. The minimum Gasteiger partial charge on any atom is -0.370 e. The predicted octanol–water partition coefficient (Wildman–Crippen LogP) is 2.35. The molecule has 2 aliphatic carbocycles. The van der Waals surface area contributed by atoms with Crippen LogP contribution in [0.3, 0.4) is 0 Å². The largest absolute Gasteiger partial charge is 0.370 e. The summed E-state index contributed by atoms with van der Waals surface area (Å²) < 4.78 is 1.97. The number of hydrogen-bond acceptors (Lipinski definition) is 5. The Morgan fingerprint density at radius 2 is 1.77 bits per heavy atom. The van der Waals surface area contributed by atoms with E-state index < -0.39 is 0 Å². The molecular weight excluding hydrogens is 350 g/mol. The van der Waals surface area contributed by atoms with Gasteiger partial charge in [-0.05, 0) is 25.7 Å². The first-order valence-electron chi connectivity index (χ1n) is 9.77. The fourth-order valence-corrected chi connectivity index (χ4v) is 4.27. The Bertz CT molecular complexity index is 621. The zero-order chi connectivity index (χ0) is 18.4. The van der Waals surface area contributed by atoms with Crippen LogP contribution in [0, 0.1) is 0 Å². The lowest BCUT2D eigenvalue weighted by atomic mass is 9.97. The van der Waals surface area contributed by atoms with E-state index in [4.69, 9.17) is 5.73 Å². The zero-order valence-corrected chi connectivity index (χ0v) is 16.1. The predicted molar refractivity (Wildman–Crippen MR) is 101 cm³/mol. The van der Waals surface area contributed by atoms with Crippen LogP contribution in [0.1, 0.15) is 76.0 Å². The third kappa shape index (κ3) is 5.72. The Balaban J connectivity index is 1.53. The number of carbonyl (C=O) groups is 2. The summed E-state index contributed by atoms with van der Waals surface area (Å²) >= 11 is 1.40. The molecule has 2 fully saturated rings. The summed E-state index contributed by atoms with van der Waals surface area (Å²) in [5, 5.41) is 12.4. The number of hydrogen-bond donors (Lipinski definition) is 2. The molecule has 0 aromatic carbocycles. The zero-order valence-electron chi connectivity index (χ0n) is 15.3. The molecule has 0 radical (unpaired) electrons. The molecule has 144 valence electrons. The van der Waals surface area contributed by atoms with Crippen molar-refractivity contribution in [1.82, 2.24) is 20.1 Å². The summed E-state index contributed by atoms with van der Waals surface area (Å²) in [4.78, 5) is 23.5. The summed E-state index contributed by atoms with van der Waals surface area (Å²) in [6.07, 6.45) is 10.9. The van der Waals surface area contributed by atoms with Crippen LogP contribution in [0.5, 0.6) is 0 Å². The maximum Gasteiger partial charge on any atom is 0.230 e. The first kappa shape index (κ1) is 19.2. The molecule has 7 nitrogen and oxygen atoms in total. The van der Waals surface area contributed by atoms with Gasteiger partial charge in [-0.3, -0.25) is 9.59 Å². The Hall–Kier alpha value is -1.57. The second-order valence-corrected chi connectivity index (χ2v) is 8.32. The molecule has 8 heteroatoms. The molecule has 1 heterocycles. The minimum atomic E-state index is -0.335. The fraction of sp³-hybridized carbons (Fsp3) is 0.778. The smallest absolute Gasteiger partial charge is 0.230 e. The number of primary amides is 1. The van der Waals surface area contributed by atoms with Crippen LogP contribution >= 0.6 is 11.8 Å². The van der Waals surface area contributed by atoms with E-state index >= 15 is 0 Å². The van der Waals surface area contributed by atoms with Crippen LogP contribution in [-0.2, 0) is 16.1 Å². The van der Waals surface area contributed by atoms with Crippen molar-refractivity contribution in [2.75, 3.05) is 5.75 Å². The Morgan fingerprint density at radius 1 is 1.08 bits per heavy atom. The second-order valence-electron chi connectivity index (χ2n) is 7.38. The molecule has 2 amide bonds. The van der Waals surface area contributed by atoms with E-state index in [1.807, 2.05) is 4.57 Å². The third-order valence-corrected chi connectivity index (χ3v) is 6.04. The van der Waals surface area contributed by atoms with Gasteiger partial charge in [0, 0.05) is 24.9 Å². The van der Waals surface area contributed by atoms with Crippen molar-refractivity contribution in [3.05, 3.63) is 5.82 Å². The van der Waals surface area contributed by atoms with Crippen LogP contribution in [0.4, 0.5) is 0 Å². The molecule has 0 spiro atoms. The van der Waals surface area contributed by atoms with Gasteiger partial charge < -0.3 is 15.6 Å². The summed E-state index contributed by atoms with van der Waals surface area (Å²) in [5.74, 6) is 1.41. The molecule has 26 heavy (non-hydrogen) atoms. The molecule has 2 saturated carbocycles. The molecular formula is C18H29N5O2S. The van der Waals surface area contributed by atoms with Gasteiger partial charge in [0.05, 0.1) is 5.75 Å². The molecule has 0 saturated heterocycles. The number of thioether (sulfide) groups is 1. The monoisotopic (exact) mass is 379 g/mol. The van der Waals surface area contributed by atoms with Gasteiger partial charge in [-0.1, -0.05) is 43.9 Å². The molecule has 0 atom stereocenters. The second kappa shape index (κ2) is 9.39. The standard InChI is InChI=1S/C18H29N5O2S/c19-15(24)10-11-23-17(13-8-9-13)21-22-18(23)26-12-16(25)20-14-6-4-2-1-3-5-7-14/h13-14H,1-12H2,(H2,19,24)(H,20,25). The van der Waals surface area contributed by atoms with Gasteiger partial charge in [0.1, 0.15) is 5.82 Å². The average Bonchev–Trinajstić information content (AvgIpc) is 3.34. The van der Waals surface area contributed by atoms with Crippen molar-refractivity contribution >= 4 is 23.6 Å². The number of amides is 2. The van der Waals surface area contributed by atoms with E-state index in [-0.39, 0.29) is 18.2 Å². The van der Waals surface area contributed by atoms with Gasteiger partial charge >= 0.3 is 0 Å². The van der Waals surface area contributed by atoms with Crippen molar-refractivity contribution < 1.29 is 9.59 Å². The lowest BCUT2D eigenvalue weighted by Gasteiger charge is -2.20. The van der Waals surface area contributed by atoms with Gasteiger partial charge in [0.25, 0.3) is 0 Å². The average molecular weight is 380 g/mol. The van der Waals surface area contributed by atoms with Gasteiger partial charge in [-0.15, -0.1) is 10.2 Å². The Labute approximate surface area is 158 Å². The minimum absolute atomic E-state index is 0.0537. The SMILES string of the molecule is NC(=O)CCn1c(SCC(=O)NC2CCCCCCC2)nnc1C1CC1. The molecule has 1 aromatic rings. The van der Waals surface area contributed by atoms with E-state index in [1.165, 1.54) is 43.9 Å². The summed E-state index contributed by atoms with van der Waals surface area (Å²) in [7, 11) is 0. The van der Waals surface area contributed by atoms with Crippen molar-refractivity contribution in [3.8, 4) is 0 Å². The first-order valence-corrected chi connectivity index (χ1v) is 10.8. The summed E-state index contributed by atoms with van der Waals surface area (Å²) in [5.41, 5.74) is 5.29. The molecule has 3 N–H and O–H groups in total. The van der Waals surface area contributed by atoms with E-state index in [0.717, 1.165) is 31.5 Å². The van der Waals surface area contributed by atoms with Crippen LogP contribution in [-0.4, -0.2) is 38.4 Å². The molecule has 0 aliphatic heterocycles. The number of aromatic nitrogens is 3. The molecule has 3 rings (SSSR count). The first-order chi connectivity index (χ1) is 12.6. The molecule has 1 aromatic heterocycles. The number of carbonyl (C=O) groups excluding carboxylic acids is 2. The quantitative estimate of drug-likeness (QED) is 0.675. The van der Waals surface area contributed by atoms with Crippen molar-refractivity contribution in [3.63, 3.8) is 0 Å². The number of nitrogens with two attached hydrogens (primary N) is 1. The summed E-state index contributed by atoms with van der Waals surface area (Å²) in [6.45, 7) is 0.487. The maximum absolute atomic E-state index is 12.3. The van der Waals surface area contributed by atoms with Crippen LogP contribution < -0.4 is 11.1 Å². The van der Waals surface area contributed by atoms with Crippen molar-refractivity contribution in [1.29, 1.82) is 0 Å². The van der Waals surface area contributed by atoms with Crippen molar-refractivity contribution in [2.45, 2.75) is 87.9 Å². The molecule has 2 aliphatic rings. The van der Waals surface area contributed by atoms with Gasteiger partial charge in [-0.2, -0.15) is 0 Å². The van der Waals surface area contributed by atoms with Crippen molar-refractivity contribution in [2.24, 2.45) is 5.73 Å². The lowest BCUT2D eigenvalue weighted by Crippen LogP contribution is -2.36. The van der Waals surface area contributed by atoms with E-state index in [1.54, 1.807) is 0 Å². The highest BCUT2D eigenvalue weighted by Gasteiger charge is 2.30. The highest BCUT2D eigenvalue weighted by Crippen LogP contribution is 2.40. The van der Waals surface area contributed by atoms with Gasteiger partial charge in [-0.25, -0.2) is 0 Å². The topological polar surface area (TPSA) is 103 Å². The number of rotatable bonds is 8. The van der Waals surface area contributed by atoms with E-state index in [0.29, 0.717) is 29.4 Å². The summed E-state index contributed by atoms with van der Waals surface area (Å²) in [6, 6.07) is 0.304. The Morgan fingerprint density at radius 3 is 2.42 bits per heavy atom. The van der Waals surface area contributed by atoms with Crippen LogP contribution in [0.15, 0.2) is 5.16 Å². The maximum atomic E-state index is 12.3. The van der Waals surface area contributed by atoms with Crippen LogP contribution in [0.25, 0.3) is 0 Å². The normalized spacial score (nSPS) is 18.9. The van der Waals surface area contributed by atoms with E-state index in [2.05, 4.69) is 15.5 Å².